The second-order valence-corrected chi connectivity index (χ2v) is 3.79. The van der Waals surface area contributed by atoms with E-state index in [-0.39, 0.29) is 0 Å². The fourth-order valence-electron chi connectivity index (χ4n) is 1.85. The predicted octanol–water partition coefficient (Wildman–Crippen LogP) is 1.78. The lowest BCUT2D eigenvalue weighted by Crippen LogP contribution is -2.20. The van der Waals surface area contributed by atoms with E-state index < -0.39 is 0 Å². The molecule has 1 aromatic heterocycles. The zero-order valence-corrected chi connectivity index (χ0v) is 9.56. The summed E-state index contributed by atoms with van der Waals surface area (Å²) in [5, 5.41) is 3.17. The van der Waals surface area contributed by atoms with Gasteiger partial charge in [-0.2, -0.15) is 0 Å². The summed E-state index contributed by atoms with van der Waals surface area (Å²) in [5.41, 5.74) is 2.93. The van der Waals surface area contributed by atoms with Crippen molar-refractivity contribution in [3.8, 4) is 0 Å². The van der Waals surface area contributed by atoms with Gasteiger partial charge in [0.25, 0.3) is 0 Å². The maximum Gasteiger partial charge on any atom is 0.181 e. The normalized spacial score (nSPS) is 13.1. The highest BCUT2D eigenvalue weighted by Crippen LogP contribution is 2.21. The molecule has 16 heavy (non-hydrogen) atoms. The van der Waals surface area contributed by atoms with Gasteiger partial charge in [0.15, 0.2) is 12.0 Å². The molecule has 0 radical (unpaired) electrons. The number of oxazole rings is 1. The van der Waals surface area contributed by atoms with Crippen molar-refractivity contribution in [2.24, 2.45) is 0 Å². The summed E-state index contributed by atoms with van der Waals surface area (Å²) in [5.74, 6) is 0.337. The van der Waals surface area contributed by atoms with Gasteiger partial charge in [0, 0.05) is 19.6 Å². The van der Waals surface area contributed by atoms with E-state index in [2.05, 4.69) is 16.4 Å². The molecule has 1 heterocycles. The van der Waals surface area contributed by atoms with Gasteiger partial charge in [-0.1, -0.05) is 6.07 Å². The molecule has 1 unspecified atom stereocenters. The van der Waals surface area contributed by atoms with Crippen LogP contribution in [0.15, 0.2) is 29.0 Å². The topological polar surface area (TPSA) is 47.3 Å². The monoisotopic (exact) mass is 220 g/mol. The number of benzene rings is 1. The largest absolute Gasteiger partial charge is 0.443 e. The molecule has 2 aromatic rings. The van der Waals surface area contributed by atoms with Crippen molar-refractivity contribution in [3.05, 3.63) is 30.2 Å². The van der Waals surface area contributed by atoms with Crippen LogP contribution >= 0.6 is 0 Å². The Balaban J connectivity index is 2.28. The summed E-state index contributed by atoms with van der Waals surface area (Å²) in [6.07, 6.45) is 1.47. The summed E-state index contributed by atoms with van der Waals surface area (Å²) in [7, 11) is 3.66. The Labute approximate surface area is 94.6 Å². The average Bonchev–Trinajstić information content (AvgIpc) is 2.75. The van der Waals surface area contributed by atoms with Crippen LogP contribution in [0.25, 0.3) is 11.1 Å². The lowest BCUT2D eigenvalue weighted by molar-refractivity contribution is 0.178. The molecule has 0 spiro atoms. The first-order valence-corrected chi connectivity index (χ1v) is 5.32. The smallest absolute Gasteiger partial charge is 0.181 e. The Morgan fingerprint density at radius 1 is 1.50 bits per heavy atom. The van der Waals surface area contributed by atoms with Crippen molar-refractivity contribution >= 4 is 11.1 Å². The zero-order chi connectivity index (χ0) is 11.4. The van der Waals surface area contributed by atoms with Gasteiger partial charge in [-0.05, 0) is 24.7 Å². The highest BCUT2D eigenvalue weighted by molar-refractivity contribution is 5.72. The van der Waals surface area contributed by atoms with Gasteiger partial charge in [0.05, 0.1) is 6.61 Å². The predicted molar refractivity (Wildman–Crippen MR) is 62.6 cm³/mol. The fourth-order valence-corrected chi connectivity index (χ4v) is 1.85. The first kappa shape index (κ1) is 11.1. The first-order valence-electron chi connectivity index (χ1n) is 5.32. The number of hydrogen-bond donors (Lipinski definition) is 1. The zero-order valence-electron chi connectivity index (χ0n) is 9.56. The molecule has 1 N–H and O–H groups in total. The Morgan fingerprint density at radius 2 is 2.38 bits per heavy atom. The van der Waals surface area contributed by atoms with Crippen molar-refractivity contribution < 1.29 is 9.15 Å². The van der Waals surface area contributed by atoms with Gasteiger partial charge in [-0.15, -0.1) is 0 Å². The van der Waals surface area contributed by atoms with E-state index in [4.69, 9.17) is 9.15 Å². The van der Waals surface area contributed by atoms with Gasteiger partial charge >= 0.3 is 0 Å². The summed E-state index contributed by atoms with van der Waals surface area (Å²) in [6, 6.07) is 6.09. The number of methoxy groups -OCH3 is 1. The van der Waals surface area contributed by atoms with E-state index in [1.54, 1.807) is 7.11 Å². The molecule has 1 aromatic carbocycles. The molecule has 0 fully saturated rings. The Hall–Kier alpha value is -1.39. The first-order chi connectivity index (χ1) is 7.85. The SMILES string of the molecule is CNCC(COC)c1ccc2ncoc2c1. The molecule has 86 valence electrons. The van der Waals surface area contributed by atoms with E-state index in [0.717, 1.165) is 17.6 Å². The van der Waals surface area contributed by atoms with Crippen molar-refractivity contribution in [2.45, 2.75) is 5.92 Å². The second kappa shape index (κ2) is 5.09. The van der Waals surface area contributed by atoms with Crippen LogP contribution in [0.5, 0.6) is 0 Å². The Bertz CT molecular complexity index is 447. The molecule has 0 saturated carbocycles. The lowest BCUT2D eigenvalue weighted by Gasteiger charge is -2.15. The quantitative estimate of drug-likeness (QED) is 0.834. The summed E-state index contributed by atoms with van der Waals surface area (Å²) >= 11 is 0. The Kier molecular flexibility index (Phi) is 3.54. The molecular weight excluding hydrogens is 204 g/mol. The molecule has 0 bridgehead atoms. The maximum absolute atomic E-state index is 5.29. The number of ether oxygens (including phenoxy) is 1. The van der Waals surface area contributed by atoms with E-state index in [9.17, 15) is 0 Å². The third kappa shape index (κ3) is 2.23. The Morgan fingerprint density at radius 3 is 3.12 bits per heavy atom. The van der Waals surface area contributed by atoms with Crippen LogP contribution < -0.4 is 5.32 Å². The molecule has 4 nitrogen and oxygen atoms in total. The third-order valence-electron chi connectivity index (χ3n) is 2.65. The highest BCUT2D eigenvalue weighted by atomic mass is 16.5. The van der Waals surface area contributed by atoms with E-state index in [1.165, 1.54) is 12.0 Å². The van der Waals surface area contributed by atoms with Crippen molar-refractivity contribution in [2.75, 3.05) is 27.3 Å². The van der Waals surface area contributed by atoms with Crippen molar-refractivity contribution in [1.82, 2.24) is 10.3 Å². The fraction of sp³-hybridized carbons (Fsp3) is 0.417. The molecule has 2 rings (SSSR count). The number of nitrogens with zero attached hydrogens (tertiary/aromatic N) is 1. The van der Waals surface area contributed by atoms with Crippen LogP contribution in [0.1, 0.15) is 11.5 Å². The average molecular weight is 220 g/mol. The summed E-state index contributed by atoms with van der Waals surface area (Å²) in [4.78, 5) is 4.10. The minimum absolute atomic E-state index is 0.337. The molecule has 0 aliphatic rings. The van der Waals surface area contributed by atoms with Gasteiger partial charge in [0.2, 0.25) is 0 Å². The van der Waals surface area contributed by atoms with Crippen LogP contribution in [0.4, 0.5) is 0 Å². The maximum atomic E-state index is 5.29. The minimum atomic E-state index is 0.337. The highest BCUT2D eigenvalue weighted by Gasteiger charge is 2.12. The van der Waals surface area contributed by atoms with E-state index >= 15 is 0 Å². The van der Waals surface area contributed by atoms with E-state index in [0.29, 0.717) is 12.5 Å². The van der Waals surface area contributed by atoms with E-state index in [1.807, 2.05) is 19.2 Å². The lowest BCUT2D eigenvalue weighted by atomic mass is 9.99. The molecule has 1 atom stereocenters. The standard InChI is InChI=1S/C12H16N2O2/c1-13-6-10(7-15-2)9-3-4-11-12(5-9)16-8-14-11/h3-5,8,10,13H,6-7H2,1-2H3. The number of likely N-dealkylation sites (N-methyl/N-ethyl adjacent to an activating group) is 1. The minimum Gasteiger partial charge on any atom is -0.443 e. The van der Waals surface area contributed by atoms with Gasteiger partial charge in [0.1, 0.15) is 5.52 Å². The van der Waals surface area contributed by atoms with Crippen LogP contribution in [0.2, 0.25) is 0 Å². The summed E-state index contributed by atoms with van der Waals surface area (Å²) in [6.45, 7) is 1.58. The molecule has 0 aliphatic heterocycles. The van der Waals surface area contributed by atoms with Crippen LogP contribution in [0, 0.1) is 0 Å². The van der Waals surface area contributed by atoms with Crippen LogP contribution in [0.3, 0.4) is 0 Å². The molecule has 0 saturated heterocycles. The van der Waals surface area contributed by atoms with Gasteiger partial charge < -0.3 is 14.5 Å². The molecular formula is C12H16N2O2. The van der Waals surface area contributed by atoms with Gasteiger partial charge in [-0.25, -0.2) is 4.98 Å². The van der Waals surface area contributed by atoms with Crippen LogP contribution in [-0.4, -0.2) is 32.3 Å². The number of fused-ring (bicyclic) bond motifs is 1. The van der Waals surface area contributed by atoms with Crippen LogP contribution in [-0.2, 0) is 4.74 Å². The second-order valence-electron chi connectivity index (χ2n) is 3.79. The van der Waals surface area contributed by atoms with Crippen molar-refractivity contribution in [3.63, 3.8) is 0 Å². The summed E-state index contributed by atoms with van der Waals surface area (Å²) < 4.78 is 10.5. The molecule has 0 amide bonds. The molecule has 0 aliphatic carbocycles. The number of aromatic nitrogens is 1. The van der Waals surface area contributed by atoms with Crippen molar-refractivity contribution in [1.29, 1.82) is 0 Å². The third-order valence-corrected chi connectivity index (χ3v) is 2.65. The number of rotatable bonds is 5. The molecule has 4 heteroatoms. The number of nitrogens with one attached hydrogen (secondary N) is 1. The van der Waals surface area contributed by atoms with Gasteiger partial charge in [-0.3, -0.25) is 0 Å². The number of hydrogen-bond acceptors (Lipinski definition) is 4.